The molecule has 0 aromatic carbocycles. The molecule has 1 spiro atoms. The second kappa shape index (κ2) is 20.3. The van der Waals surface area contributed by atoms with Crippen LogP contribution in [0.5, 0.6) is 0 Å². The molecule has 61 heavy (non-hydrogen) atoms. The van der Waals surface area contributed by atoms with Crippen LogP contribution in [0.1, 0.15) is 107 Å². The largest absolute Gasteiger partial charge is 0.462 e. The minimum Gasteiger partial charge on any atom is -0.462 e. The van der Waals surface area contributed by atoms with Crippen LogP contribution in [0.3, 0.4) is 0 Å². The average molecular weight is 859 g/mol. The van der Waals surface area contributed by atoms with E-state index in [2.05, 4.69) is 39.8 Å². The van der Waals surface area contributed by atoms with E-state index in [9.17, 15) is 20.1 Å². The van der Waals surface area contributed by atoms with Gasteiger partial charge in [-0.15, -0.1) is 0 Å². The monoisotopic (exact) mass is 859 g/mol. The molecule has 0 radical (unpaired) electrons. The zero-order valence-electron chi connectivity index (χ0n) is 38.2. The number of allylic oxidation sites excluding steroid dienone is 2. The Kier molecular flexibility index (Phi) is 16.0. The van der Waals surface area contributed by atoms with E-state index >= 15 is 0 Å². The van der Waals surface area contributed by atoms with Crippen LogP contribution in [-0.2, 0) is 47.4 Å². The topological polar surface area (TPSA) is 161 Å². The van der Waals surface area contributed by atoms with Gasteiger partial charge in [0.25, 0.3) is 0 Å². The SMILES string of the molecule is CCC(C)C1OC2(C=CC1C)CC1CC(CC=C(C)C(OC3CC(OC)C(OC4CC(OC)C(O)C(C)O4)C(C)O3)C(C)C=CC=C(C)C3(O)CC(O)C(C)=CC3C(=O)O1)O2. The zero-order chi connectivity index (χ0) is 44.4. The molecule has 6 rings (SSSR count). The highest BCUT2D eigenvalue weighted by Gasteiger charge is 2.51. The Balaban J connectivity index is 1.29. The number of esters is 1. The molecule has 19 unspecified atom stereocenters. The smallest absolute Gasteiger partial charge is 0.316 e. The van der Waals surface area contributed by atoms with E-state index in [1.54, 1.807) is 47.1 Å². The summed E-state index contributed by atoms with van der Waals surface area (Å²) < 4.78 is 57.6. The highest BCUT2D eigenvalue weighted by Crippen LogP contribution is 2.44. The van der Waals surface area contributed by atoms with E-state index in [4.69, 9.17) is 42.6 Å². The molecule has 5 aliphatic heterocycles. The Hall–Kier alpha value is -2.27. The van der Waals surface area contributed by atoms with Gasteiger partial charge in [-0.1, -0.05) is 70.6 Å². The molecule has 0 aromatic heterocycles. The molecule has 3 fully saturated rings. The normalized spacial score (nSPS) is 45.6. The second-order valence-corrected chi connectivity index (χ2v) is 18.8. The summed E-state index contributed by atoms with van der Waals surface area (Å²) in [5.74, 6) is -2.37. The number of rotatable bonds is 8. The molecule has 1 aliphatic carbocycles. The number of aliphatic hydroxyl groups is 3. The first-order valence-electron chi connectivity index (χ1n) is 22.6. The number of aliphatic hydroxyl groups excluding tert-OH is 2. The molecule has 0 amide bonds. The predicted molar refractivity (Wildman–Crippen MR) is 228 cm³/mol. The summed E-state index contributed by atoms with van der Waals surface area (Å²) in [7, 11) is 3.23. The number of fused-ring (bicyclic) bond motifs is 3. The minimum atomic E-state index is -1.68. The zero-order valence-corrected chi connectivity index (χ0v) is 38.2. The van der Waals surface area contributed by atoms with E-state index < -0.39 is 84.7 Å². The van der Waals surface area contributed by atoms with Crippen molar-refractivity contribution in [2.75, 3.05) is 14.2 Å². The fraction of sp³-hybridized carbons (Fsp3) is 0.771. The maximum atomic E-state index is 14.2. The van der Waals surface area contributed by atoms with Crippen molar-refractivity contribution in [1.29, 1.82) is 0 Å². The first-order chi connectivity index (χ1) is 28.9. The highest BCUT2D eigenvalue weighted by atomic mass is 16.7. The van der Waals surface area contributed by atoms with Gasteiger partial charge in [-0.05, 0) is 69.8 Å². The molecule has 13 nitrogen and oxygen atoms in total. The van der Waals surface area contributed by atoms with Crippen molar-refractivity contribution in [2.24, 2.45) is 23.7 Å². The lowest BCUT2D eigenvalue weighted by atomic mass is 9.71. The van der Waals surface area contributed by atoms with E-state index in [0.717, 1.165) is 12.0 Å². The van der Waals surface area contributed by atoms with Gasteiger partial charge in [0.15, 0.2) is 18.4 Å². The maximum absolute atomic E-state index is 14.2. The molecule has 2 bridgehead atoms. The highest BCUT2D eigenvalue weighted by molar-refractivity contribution is 5.78. The fourth-order valence-electron chi connectivity index (χ4n) is 10.0. The quantitative estimate of drug-likeness (QED) is 0.182. The van der Waals surface area contributed by atoms with E-state index in [-0.39, 0.29) is 42.5 Å². The molecule has 0 saturated carbocycles. The lowest BCUT2D eigenvalue weighted by Gasteiger charge is -2.48. The number of hydrogen-bond donors (Lipinski definition) is 3. The molecule has 6 aliphatic rings. The van der Waals surface area contributed by atoms with E-state index in [1.165, 1.54) is 0 Å². The third-order valence-corrected chi connectivity index (χ3v) is 14.2. The molecule has 3 N–H and O–H groups in total. The van der Waals surface area contributed by atoms with E-state index in [1.807, 2.05) is 32.1 Å². The van der Waals surface area contributed by atoms with Crippen LogP contribution in [0, 0.1) is 23.7 Å². The summed E-state index contributed by atoms with van der Waals surface area (Å²) in [6, 6.07) is 0. The molecule has 19 atom stereocenters. The van der Waals surface area contributed by atoms with Gasteiger partial charge >= 0.3 is 5.97 Å². The van der Waals surface area contributed by atoms with Crippen molar-refractivity contribution in [3.05, 3.63) is 59.3 Å². The molecule has 3 saturated heterocycles. The molecule has 0 aromatic rings. The third kappa shape index (κ3) is 10.8. The van der Waals surface area contributed by atoms with Gasteiger partial charge in [-0.25, -0.2) is 0 Å². The fourth-order valence-corrected chi connectivity index (χ4v) is 10.0. The Morgan fingerprint density at radius 3 is 2.25 bits per heavy atom. The number of hydrogen-bond acceptors (Lipinski definition) is 13. The van der Waals surface area contributed by atoms with Gasteiger partial charge in [-0.3, -0.25) is 4.79 Å². The maximum Gasteiger partial charge on any atom is 0.316 e. The van der Waals surface area contributed by atoms with Gasteiger partial charge in [0, 0.05) is 58.2 Å². The first kappa shape index (κ1) is 48.2. The summed E-state index contributed by atoms with van der Waals surface area (Å²) in [5, 5.41) is 33.8. The van der Waals surface area contributed by atoms with Crippen molar-refractivity contribution in [1.82, 2.24) is 0 Å². The van der Waals surface area contributed by atoms with E-state index in [0.29, 0.717) is 43.3 Å². The number of ether oxygens (including phenoxy) is 9. The number of carbonyl (C=O) groups is 1. The van der Waals surface area contributed by atoms with Crippen molar-refractivity contribution in [2.45, 2.75) is 198 Å². The molecule has 344 valence electrons. The van der Waals surface area contributed by atoms with Crippen LogP contribution in [0.15, 0.2) is 59.3 Å². The van der Waals surface area contributed by atoms with Crippen molar-refractivity contribution >= 4 is 5.97 Å². The summed E-state index contributed by atoms with van der Waals surface area (Å²) in [6.45, 7) is 17.9. The summed E-state index contributed by atoms with van der Waals surface area (Å²) >= 11 is 0. The van der Waals surface area contributed by atoms with Crippen molar-refractivity contribution in [3.63, 3.8) is 0 Å². The number of methoxy groups -OCH3 is 2. The average Bonchev–Trinajstić information content (AvgIpc) is 3.22. The Morgan fingerprint density at radius 1 is 0.852 bits per heavy atom. The Morgan fingerprint density at radius 2 is 1.54 bits per heavy atom. The van der Waals surface area contributed by atoms with Gasteiger partial charge in [-0.2, -0.15) is 0 Å². The van der Waals surface area contributed by atoms with Crippen LogP contribution in [-0.4, -0.2) is 127 Å². The van der Waals surface area contributed by atoms with Gasteiger partial charge in [0.1, 0.15) is 29.8 Å². The summed E-state index contributed by atoms with van der Waals surface area (Å²) in [4.78, 5) is 14.2. The third-order valence-electron chi connectivity index (χ3n) is 14.2. The van der Waals surface area contributed by atoms with Crippen molar-refractivity contribution < 1.29 is 62.7 Å². The Bertz CT molecular complexity index is 1660. The van der Waals surface area contributed by atoms with Gasteiger partial charge in [0.2, 0.25) is 0 Å². The standard InChI is InChI=1S/C48H74O13/c1-12-26(2)44-29(5)18-19-47(61-44)24-35-21-34(60-47)17-16-28(4)43(27(3)14-13-15-31(7)48(52)25-37(49)30(6)20-36(48)46(51)57-35)58-41-23-39(54-11)45(33(9)56-41)59-40-22-38(53-10)42(50)32(8)55-40/h13-16,18-20,26-27,29,32-45,49-50,52H,12,17,21-25H2,1-11H3. The van der Waals surface area contributed by atoms with Crippen LogP contribution in [0.2, 0.25) is 0 Å². The molecular formula is C48H74O13. The summed E-state index contributed by atoms with van der Waals surface area (Å²) in [5.41, 5.74) is 0.440. The van der Waals surface area contributed by atoms with Crippen LogP contribution in [0.25, 0.3) is 0 Å². The van der Waals surface area contributed by atoms with Crippen molar-refractivity contribution in [3.8, 4) is 0 Å². The lowest BCUT2D eigenvalue weighted by molar-refractivity contribution is -0.318. The predicted octanol–water partition coefficient (Wildman–Crippen LogP) is 6.39. The van der Waals surface area contributed by atoms with Gasteiger partial charge < -0.3 is 58.0 Å². The minimum absolute atomic E-state index is 0.0432. The van der Waals surface area contributed by atoms with Crippen LogP contribution < -0.4 is 0 Å². The van der Waals surface area contributed by atoms with Crippen LogP contribution in [0.4, 0.5) is 0 Å². The molecule has 13 heteroatoms. The molecular weight excluding hydrogens is 785 g/mol. The second-order valence-electron chi connectivity index (χ2n) is 18.8. The Labute approximate surface area is 363 Å². The first-order valence-corrected chi connectivity index (χ1v) is 22.6. The van der Waals surface area contributed by atoms with Crippen LogP contribution >= 0.6 is 0 Å². The lowest BCUT2D eigenvalue weighted by Crippen LogP contribution is -2.55. The molecule has 5 heterocycles. The summed E-state index contributed by atoms with van der Waals surface area (Å²) in [6.07, 6.45) is 10.1. The number of carbonyl (C=O) groups excluding carboxylic acids is 1. The van der Waals surface area contributed by atoms with Gasteiger partial charge in [0.05, 0.1) is 48.8 Å².